The van der Waals surface area contributed by atoms with Crippen molar-refractivity contribution in [3.05, 3.63) is 29.3 Å². The molecule has 0 saturated heterocycles. The fourth-order valence-corrected chi connectivity index (χ4v) is 2.06. The molecule has 0 bridgehead atoms. The molecule has 1 N–H and O–H groups in total. The molecule has 1 fully saturated rings. The summed E-state index contributed by atoms with van der Waals surface area (Å²) in [5, 5.41) is 18.3. The van der Waals surface area contributed by atoms with E-state index in [9.17, 15) is 18.3 Å². The number of rotatable bonds is 1. The molecule has 0 heterocycles. The van der Waals surface area contributed by atoms with Crippen molar-refractivity contribution < 1.29 is 18.3 Å². The highest BCUT2D eigenvalue weighted by Gasteiger charge is 2.41. The van der Waals surface area contributed by atoms with Crippen molar-refractivity contribution in [2.75, 3.05) is 0 Å². The van der Waals surface area contributed by atoms with Gasteiger partial charge in [0.25, 0.3) is 0 Å². The standard InChI is InChI=1S/C12H10F3NO/c13-12(14,15)9-6-8(2-3-10(9)17)11(7-16)4-1-5-11/h2-3,6,17H,1,4-5H2. The monoisotopic (exact) mass is 241 g/mol. The zero-order valence-electron chi connectivity index (χ0n) is 8.88. The number of nitriles is 1. The number of phenolic OH excluding ortho intramolecular Hbond substituents is 1. The van der Waals surface area contributed by atoms with Crippen LogP contribution >= 0.6 is 0 Å². The second-order valence-electron chi connectivity index (χ2n) is 4.28. The lowest BCUT2D eigenvalue weighted by molar-refractivity contribution is -0.138. The topological polar surface area (TPSA) is 44.0 Å². The summed E-state index contributed by atoms with van der Waals surface area (Å²) in [5.74, 6) is -0.798. The van der Waals surface area contributed by atoms with Crippen LogP contribution in [0.25, 0.3) is 0 Å². The summed E-state index contributed by atoms with van der Waals surface area (Å²) in [7, 11) is 0. The van der Waals surface area contributed by atoms with Gasteiger partial charge < -0.3 is 5.11 Å². The first-order chi connectivity index (χ1) is 7.89. The summed E-state index contributed by atoms with van der Waals surface area (Å²) in [6, 6.07) is 5.37. The van der Waals surface area contributed by atoms with Crippen LogP contribution in [0.2, 0.25) is 0 Å². The predicted molar refractivity (Wildman–Crippen MR) is 54.3 cm³/mol. The molecule has 1 aliphatic rings. The van der Waals surface area contributed by atoms with Crippen LogP contribution in [0.1, 0.15) is 30.4 Å². The van der Waals surface area contributed by atoms with Crippen molar-refractivity contribution in [2.24, 2.45) is 0 Å². The van der Waals surface area contributed by atoms with E-state index in [1.807, 2.05) is 0 Å². The van der Waals surface area contributed by atoms with Gasteiger partial charge >= 0.3 is 6.18 Å². The number of phenols is 1. The molecule has 0 aromatic heterocycles. The summed E-state index contributed by atoms with van der Waals surface area (Å²) in [4.78, 5) is 0. The quantitative estimate of drug-likeness (QED) is 0.819. The normalized spacial score (nSPS) is 18.2. The van der Waals surface area contributed by atoms with Crippen LogP contribution in [0.4, 0.5) is 13.2 Å². The van der Waals surface area contributed by atoms with Gasteiger partial charge in [-0.15, -0.1) is 0 Å². The Labute approximate surface area is 96.3 Å². The Hall–Kier alpha value is -1.70. The summed E-state index contributed by atoms with van der Waals surface area (Å²) in [6.45, 7) is 0. The number of hydrogen-bond acceptors (Lipinski definition) is 2. The number of alkyl halides is 3. The fourth-order valence-electron chi connectivity index (χ4n) is 2.06. The Morgan fingerprint density at radius 1 is 1.29 bits per heavy atom. The average molecular weight is 241 g/mol. The first-order valence-corrected chi connectivity index (χ1v) is 5.21. The third-order valence-corrected chi connectivity index (χ3v) is 3.28. The van der Waals surface area contributed by atoms with Crippen LogP contribution in [-0.2, 0) is 11.6 Å². The molecule has 0 unspecified atom stereocenters. The van der Waals surface area contributed by atoms with Gasteiger partial charge in [-0.2, -0.15) is 18.4 Å². The van der Waals surface area contributed by atoms with Crippen molar-refractivity contribution in [2.45, 2.75) is 30.9 Å². The summed E-state index contributed by atoms with van der Waals surface area (Å²) in [5.41, 5.74) is -1.53. The van der Waals surface area contributed by atoms with E-state index in [1.54, 1.807) is 0 Å². The number of aromatic hydroxyl groups is 1. The lowest BCUT2D eigenvalue weighted by Crippen LogP contribution is -2.32. The van der Waals surface area contributed by atoms with Gasteiger partial charge in [0.05, 0.1) is 17.0 Å². The number of nitrogens with zero attached hydrogens (tertiary/aromatic N) is 1. The van der Waals surface area contributed by atoms with Crippen molar-refractivity contribution in [1.82, 2.24) is 0 Å². The molecular formula is C12H10F3NO. The third-order valence-electron chi connectivity index (χ3n) is 3.28. The Morgan fingerprint density at radius 2 is 1.94 bits per heavy atom. The molecular weight excluding hydrogens is 231 g/mol. The summed E-state index contributed by atoms with van der Waals surface area (Å²) >= 11 is 0. The minimum atomic E-state index is -4.60. The molecule has 17 heavy (non-hydrogen) atoms. The smallest absolute Gasteiger partial charge is 0.419 e. The molecule has 90 valence electrons. The first kappa shape index (κ1) is 11.8. The molecule has 0 amide bonds. The summed E-state index contributed by atoms with van der Waals surface area (Å²) in [6.07, 6.45) is -2.60. The minimum absolute atomic E-state index is 0.344. The highest BCUT2D eigenvalue weighted by Crippen LogP contribution is 2.46. The van der Waals surface area contributed by atoms with E-state index in [-0.39, 0.29) is 0 Å². The second-order valence-corrected chi connectivity index (χ2v) is 4.28. The van der Waals surface area contributed by atoms with Crippen molar-refractivity contribution in [1.29, 1.82) is 5.26 Å². The van der Waals surface area contributed by atoms with Crippen LogP contribution in [0.5, 0.6) is 5.75 Å². The lowest BCUT2D eigenvalue weighted by atomic mass is 9.65. The zero-order valence-corrected chi connectivity index (χ0v) is 8.88. The molecule has 1 saturated carbocycles. The van der Waals surface area contributed by atoms with E-state index in [2.05, 4.69) is 6.07 Å². The Morgan fingerprint density at radius 3 is 2.35 bits per heavy atom. The lowest BCUT2D eigenvalue weighted by Gasteiger charge is -2.36. The number of benzene rings is 1. The first-order valence-electron chi connectivity index (χ1n) is 5.21. The minimum Gasteiger partial charge on any atom is -0.507 e. The predicted octanol–water partition coefficient (Wildman–Crippen LogP) is 3.36. The SMILES string of the molecule is N#CC1(c2ccc(O)c(C(F)(F)F)c2)CCC1. The Bertz CT molecular complexity index is 484. The largest absolute Gasteiger partial charge is 0.507 e. The Balaban J connectivity index is 2.49. The molecule has 2 rings (SSSR count). The molecule has 0 atom stereocenters. The van der Waals surface area contributed by atoms with Crippen molar-refractivity contribution >= 4 is 0 Å². The zero-order chi connectivity index (χ0) is 12.7. The molecule has 0 radical (unpaired) electrons. The van der Waals surface area contributed by atoms with E-state index < -0.39 is 22.9 Å². The van der Waals surface area contributed by atoms with Crippen LogP contribution in [0.15, 0.2) is 18.2 Å². The van der Waals surface area contributed by atoms with Gasteiger partial charge in [-0.25, -0.2) is 0 Å². The molecule has 5 heteroatoms. The van der Waals surface area contributed by atoms with Gasteiger partial charge in [0, 0.05) is 0 Å². The van der Waals surface area contributed by atoms with Gasteiger partial charge in [0.1, 0.15) is 5.75 Å². The van der Waals surface area contributed by atoms with E-state index in [0.717, 1.165) is 18.6 Å². The third kappa shape index (κ3) is 1.84. The van der Waals surface area contributed by atoms with Gasteiger partial charge in [0.15, 0.2) is 0 Å². The van der Waals surface area contributed by atoms with Gasteiger partial charge in [-0.3, -0.25) is 0 Å². The molecule has 1 aliphatic carbocycles. The van der Waals surface area contributed by atoms with Crippen LogP contribution < -0.4 is 0 Å². The highest BCUT2D eigenvalue weighted by molar-refractivity contribution is 5.44. The molecule has 0 aliphatic heterocycles. The van der Waals surface area contributed by atoms with Crippen LogP contribution in [0, 0.1) is 11.3 Å². The molecule has 1 aromatic carbocycles. The number of halogens is 3. The van der Waals surface area contributed by atoms with Crippen molar-refractivity contribution in [3.8, 4) is 11.8 Å². The van der Waals surface area contributed by atoms with E-state index in [0.29, 0.717) is 18.4 Å². The molecule has 2 nitrogen and oxygen atoms in total. The van der Waals surface area contributed by atoms with E-state index >= 15 is 0 Å². The Kier molecular flexibility index (Phi) is 2.53. The fraction of sp³-hybridized carbons (Fsp3) is 0.417. The van der Waals surface area contributed by atoms with Gasteiger partial charge in [-0.05, 0) is 37.0 Å². The average Bonchev–Trinajstić information content (AvgIpc) is 2.17. The van der Waals surface area contributed by atoms with Crippen LogP contribution in [0.3, 0.4) is 0 Å². The molecule has 1 aromatic rings. The highest BCUT2D eigenvalue weighted by atomic mass is 19.4. The maximum atomic E-state index is 12.6. The summed E-state index contributed by atoms with van der Waals surface area (Å²) < 4.78 is 37.8. The number of hydrogen-bond donors (Lipinski definition) is 1. The maximum Gasteiger partial charge on any atom is 0.419 e. The molecule has 0 spiro atoms. The van der Waals surface area contributed by atoms with Gasteiger partial charge in [0.2, 0.25) is 0 Å². The van der Waals surface area contributed by atoms with E-state index in [4.69, 9.17) is 5.26 Å². The van der Waals surface area contributed by atoms with E-state index in [1.165, 1.54) is 6.07 Å². The van der Waals surface area contributed by atoms with Crippen molar-refractivity contribution in [3.63, 3.8) is 0 Å². The second kappa shape index (κ2) is 3.66. The van der Waals surface area contributed by atoms with Crippen LogP contribution in [-0.4, -0.2) is 5.11 Å². The maximum absolute atomic E-state index is 12.6. The van der Waals surface area contributed by atoms with Gasteiger partial charge in [-0.1, -0.05) is 6.07 Å².